The predicted molar refractivity (Wildman–Crippen MR) is 134 cm³/mol. The Morgan fingerprint density at radius 3 is 2.54 bits per heavy atom. The third-order valence-electron chi connectivity index (χ3n) is 11.5. The number of hydrogen-bond acceptors (Lipinski definition) is 6. The molecule has 2 unspecified atom stereocenters. The van der Waals surface area contributed by atoms with E-state index in [1.165, 1.54) is 13.2 Å². The normalized spacial score (nSPS) is 48.2. The number of aliphatic hydroxyl groups is 3. The summed E-state index contributed by atoms with van der Waals surface area (Å²) in [5.74, 6) is 0.867. The van der Waals surface area contributed by atoms with Crippen molar-refractivity contribution in [1.29, 1.82) is 0 Å². The maximum absolute atomic E-state index is 11.7. The first-order valence-electron chi connectivity index (χ1n) is 13.9. The van der Waals surface area contributed by atoms with Crippen molar-refractivity contribution in [2.45, 2.75) is 97.4 Å². The summed E-state index contributed by atoms with van der Waals surface area (Å²) in [4.78, 5) is 11.7. The Morgan fingerprint density at radius 2 is 1.86 bits per heavy atom. The van der Waals surface area contributed by atoms with E-state index in [0.29, 0.717) is 18.9 Å². The summed E-state index contributed by atoms with van der Waals surface area (Å²) >= 11 is 0. The highest BCUT2D eigenvalue weighted by Gasteiger charge is 2.68. The van der Waals surface area contributed by atoms with Gasteiger partial charge in [0.1, 0.15) is 0 Å². The zero-order valence-corrected chi connectivity index (χ0v) is 22.4. The van der Waals surface area contributed by atoms with E-state index >= 15 is 0 Å². The molecule has 0 aromatic heterocycles. The molecule has 0 radical (unpaired) electrons. The van der Waals surface area contributed by atoms with Crippen molar-refractivity contribution in [1.82, 2.24) is 0 Å². The molecular formula is C29H48O6. The first-order valence-corrected chi connectivity index (χ1v) is 13.9. The van der Waals surface area contributed by atoms with E-state index in [9.17, 15) is 15.0 Å². The molecule has 0 saturated heterocycles. The molecule has 4 saturated carbocycles. The van der Waals surface area contributed by atoms with E-state index in [1.54, 1.807) is 0 Å². The quantitative estimate of drug-likeness (QED) is 0.281. The molecule has 4 fully saturated rings. The van der Waals surface area contributed by atoms with Crippen LogP contribution in [0, 0.1) is 45.8 Å². The van der Waals surface area contributed by atoms with Crippen LogP contribution in [-0.2, 0) is 14.3 Å². The topological polar surface area (TPSA) is 96.2 Å². The fraction of sp³-hybridized carbons (Fsp3) is 0.897. The minimum Gasteiger partial charge on any atom is -0.466 e. The van der Waals surface area contributed by atoms with Crippen LogP contribution in [0.4, 0.5) is 0 Å². The lowest BCUT2D eigenvalue weighted by molar-refractivity contribution is -0.235. The van der Waals surface area contributed by atoms with Gasteiger partial charge in [-0.1, -0.05) is 33.8 Å². The number of hydrogen-bond donors (Lipinski definition) is 3. The smallest absolute Gasteiger partial charge is 0.330 e. The number of esters is 1. The molecule has 0 spiro atoms. The summed E-state index contributed by atoms with van der Waals surface area (Å²) in [7, 11) is 1.39. The number of carbonyl (C=O) groups excluding carboxylic acids is 1. The molecule has 200 valence electrons. The average Bonchev–Trinajstić information content (AvgIpc) is 3.17. The van der Waals surface area contributed by atoms with Crippen LogP contribution in [0.15, 0.2) is 12.2 Å². The van der Waals surface area contributed by atoms with Gasteiger partial charge in [0, 0.05) is 24.7 Å². The van der Waals surface area contributed by atoms with Gasteiger partial charge in [0.15, 0.2) is 0 Å². The Hall–Kier alpha value is -0.950. The molecule has 35 heavy (non-hydrogen) atoms. The molecule has 11 atom stereocenters. The Bertz CT molecular complexity index is 798. The molecule has 6 nitrogen and oxygen atoms in total. The molecule has 0 amide bonds. The summed E-state index contributed by atoms with van der Waals surface area (Å²) in [6.45, 7) is 9.89. The lowest BCUT2D eigenvalue weighted by Crippen LogP contribution is -2.65. The van der Waals surface area contributed by atoms with Crippen LogP contribution in [0.3, 0.4) is 0 Å². The zero-order valence-electron chi connectivity index (χ0n) is 22.4. The van der Waals surface area contributed by atoms with Crippen molar-refractivity contribution in [3.8, 4) is 0 Å². The molecule has 4 aliphatic carbocycles. The third kappa shape index (κ3) is 4.41. The second kappa shape index (κ2) is 10.1. The minimum atomic E-state index is -0.417. The summed E-state index contributed by atoms with van der Waals surface area (Å²) in [6, 6.07) is 0. The van der Waals surface area contributed by atoms with Crippen LogP contribution >= 0.6 is 0 Å². The Labute approximate surface area is 211 Å². The Morgan fingerprint density at radius 1 is 1.11 bits per heavy atom. The molecule has 0 heterocycles. The highest BCUT2D eigenvalue weighted by Crippen LogP contribution is 2.71. The fourth-order valence-corrected chi connectivity index (χ4v) is 9.38. The predicted octanol–water partition coefficient (Wildman–Crippen LogP) is 4.11. The lowest BCUT2D eigenvalue weighted by atomic mass is 9.39. The highest BCUT2D eigenvalue weighted by molar-refractivity contribution is 5.81. The van der Waals surface area contributed by atoms with E-state index < -0.39 is 6.10 Å². The number of aliphatic hydroxyl groups excluding tert-OH is 3. The van der Waals surface area contributed by atoms with Gasteiger partial charge < -0.3 is 24.8 Å². The van der Waals surface area contributed by atoms with Crippen LogP contribution in [0.5, 0.6) is 0 Å². The maximum atomic E-state index is 11.7. The molecule has 4 aliphatic rings. The van der Waals surface area contributed by atoms with Gasteiger partial charge in [-0.3, -0.25) is 0 Å². The summed E-state index contributed by atoms with van der Waals surface area (Å²) in [5.41, 5.74) is -0.237. The minimum absolute atomic E-state index is 0.0300. The molecule has 0 bridgehead atoms. The second-order valence-corrected chi connectivity index (χ2v) is 12.9. The van der Waals surface area contributed by atoms with Crippen molar-refractivity contribution in [2.75, 3.05) is 20.3 Å². The van der Waals surface area contributed by atoms with Gasteiger partial charge in [0.05, 0.1) is 25.4 Å². The zero-order chi connectivity index (χ0) is 25.6. The lowest BCUT2D eigenvalue weighted by Gasteiger charge is -2.67. The third-order valence-corrected chi connectivity index (χ3v) is 11.5. The number of rotatable bonds is 7. The number of fused-ring (bicyclic) bond motifs is 5. The van der Waals surface area contributed by atoms with Gasteiger partial charge in [-0.15, -0.1) is 0 Å². The fourth-order valence-electron chi connectivity index (χ4n) is 9.38. The number of methoxy groups -OCH3 is 1. The van der Waals surface area contributed by atoms with Gasteiger partial charge in [0.25, 0.3) is 0 Å². The largest absolute Gasteiger partial charge is 0.466 e. The van der Waals surface area contributed by atoms with Gasteiger partial charge in [-0.05, 0) is 91.8 Å². The first-order chi connectivity index (χ1) is 16.5. The van der Waals surface area contributed by atoms with Gasteiger partial charge in [0.2, 0.25) is 0 Å². The van der Waals surface area contributed by atoms with Crippen LogP contribution in [0.2, 0.25) is 0 Å². The van der Waals surface area contributed by atoms with Crippen molar-refractivity contribution in [3.63, 3.8) is 0 Å². The van der Waals surface area contributed by atoms with Crippen molar-refractivity contribution >= 4 is 5.97 Å². The van der Waals surface area contributed by atoms with Crippen molar-refractivity contribution in [2.24, 2.45) is 45.8 Å². The summed E-state index contributed by atoms with van der Waals surface area (Å²) in [6.07, 6.45) is 10.1. The molecule has 6 heteroatoms. The van der Waals surface area contributed by atoms with Crippen LogP contribution < -0.4 is 0 Å². The standard InChI is InChI=1S/C29H48O6/c1-18(7-10-25(33)34-5)20-8-9-21-26-22(15-24(32)29(20,21)4)28(3)12-11-19(35-14-6-13-30)16-27(28,2)17-23(26)31/h7,10,18-24,26,30-32H,6,8-9,11-17H2,1-5H3/b10-7+/t18?,19-,20?,21+,22+,23-,24+,26+,27+,28-,29-/m1/s1. The molecule has 3 N–H and O–H groups in total. The second-order valence-electron chi connectivity index (χ2n) is 12.9. The van der Waals surface area contributed by atoms with Crippen LogP contribution in [-0.4, -0.2) is 59.9 Å². The molecule has 4 rings (SSSR count). The Kier molecular flexibility index (Phi) is 7.80. The van der Waals surface area contributed by atoms with Gasteiger partial charge in [-0.2, -0.15) is 0 Å². The van der Waals surface area contributed by atoms with E-state index in [1.807, 2.05) is 6.08 Å². The molecular weight excluding hydrogens is 444 g/mol. The van der Waals surface area contributed by atoms with E-state index in [0.717, 1.165) is 44.9 Å². The van der Waals surface area contributed by atoms with Crippen LogP contribution in [0.1, 0.15) is 79.1 Å². The number of ether oxygens (including phenoxy) is 2. The van der Waals surface area contributed by atoms with Crippen molar-refractivity contribution in [3.05, 3.63) is 12.2 Å². The highest BCUT2D eigenvalue weighted by atomic mass is 16.5. The monoisotopic (exact) mass is 492 g/mol. The van der Waals surface area contributed by atoms with Gasteiger partial charge >= 0.3 is 5.97 Å². The number of carbonyl (C=O) groups is 1. The number of allylic oxidation sites excluding steroid dienone is 1. The SMILES string of the molecule is COC(=O)/C=C/C(C)C1CC[C@H]2[C@@H]3[C@H](O)C[C@]4(C)C[C@H](OCCCO)CC[C@]4(C)[C@H]3C[C@H](O)[C@]12C. The van der Waals surface area contributed by atoms with Gasteiger partial charge in [-0.25, -0.2) is 4.79 Å². The first kappa shape index (κ1) is 27.1. The van der Waals surface area contributed by atoms with E-state index in [4.69, 9.17) is 14.6 Å². The Balaban J connectivity index is 1.57. The summed E-state index contributed by atoms with van der Waals surface area (Å²) < 4.78 is 10.9. The average molecular weight is 493 g/mol. The van der Waals surface area contributed by atoms with Crippen LogP contribution in [0.25, 0.3) is 0 Å². The van der Waals surface area contributed by atoms with E-state index in [-0.39, 0.29) is 64.7 Å². The van der Waals surface area contributed by atoms with E-state index in [2.05, 4.69) is 27.7 Å². The molecule has 0 aliphatic heterocycles. The van der Waals surface area contributed by atoms with Crippen molar-refractivity contribution < 1.29 is 29.6 Å². The molecule has 0 aromatic carbocycles. The molecule has 0 aromatic rings. The maximum Gasteiger partial charge on any atom is 0.330 e. The summed E-state index contributed by atoms with van der Waals surface area (Å²) in [5, 5.41) is 32.5.